The average Bonchev–Trinajstić information content (AvgIpc) is 2.81. The van der Waals surface area contributed by atoms with Crippen LogP contribution in [0.3, 0.4) is 0 Å². The summed E-state index contributed by atoms with van der Waals surface area (Å²) >= 11 is 3.49. The number of rotatable bonds is 6. The molecule has 2 aromatic rings. The molecule has 0 bridgehead atoms. The van der Waals surface area contributed by atoms with Gasteiger partial charge in [0.2, 0.25) is 0 Å². The Morgan fingerprint density at radius 1 is 1.26 bits per heavy atom. The minimum atomic E-state index is 0.461. The highest BCUT2D eigenvalue weighted by atomic mass is 79.9. The summed E-state index contributed by atoms with van der Waals surface area (Å²) in [5.74, 6) is 0.461. The Hall–Kier alpha value is -1.13. The number of likely N-dealkylation sites (N-methyl/N-ethyl adjacent to an activating group) is 1. The van der Waals surface area contributed by atoms with Gasteiger partial charge >= 0.3 is 0 Å². The van der Waals surface area contributed by atoms with E-state index in [9.17, 15) is 0 Å². The Bertz CT molecular complexity index is 504. The minimum Gasteiger partial charge on any atom is -0.316 e. The van der Waals surface area contributed by atoms with Crippen LogP contribution in [0.1, 0.15) is 24.1 Å². The number of nitrogens with zero attached hydrogens (tertiary/aromatic N) is 2. The molecule has 1 heterocycles. The molecular formula is C15H20BrN3. The SMILES string of the molecule is CCNCC(Cc1ccn(C)n1)c1ccc(Br)cc1. The summed E-state index contributed by atoms with van der Waals surface area (Å²) in [6, 6.07) is 10.7. The normalized spacial score (nSPS) is 12.6. The molecule has 0 aliphatic carbocycles. The van der Waals surface area contributed by atoms with Gasteiger partial charge in [0, 0.05) is 30.2 Å². The number of halogens is 1. The van der Waals surface area contributed by atoms with Crippen LogP contribution in [0.2, 0.25) is 0 Å². The number of nitrogens with one attached hydrogen (secondary N) is 1. The maximum atomic E-state index is 4.48. The molecular weight excluding hydrogens is 302 g/mol. The van der Waals surface area contributed by atoms with Crippen LogP contribution in [-0.4, -0.2) is 22.9 Å². The summed E-state index contributed by atoms with van der Waals surface area (Å²) in [6.07, 6.45) is 2.97. The maximum absolute atomic E-state index is 4.48. The molecule has 0 spiro atoms. The lowest BCUT2D eigenvalue weighted by molar-refractivity contribution is 0.583. The third-order valence-electron chi connectivity index (χ3n) is 3.21. The van der Waals surface area contributed by atoms with Crippen molar-refractivity contribution in [2.45, 2.75) is 19.3 Å². The van der Waals surface area contributed by atoms with Gasteiger partial charge in [-0.25, -0.2) is 0 Å². The number of hydrogen-bond donors (Lipinski definition) is 1. The third kappa shape index (κ3) is 4.18. The van der Waals surface area contributed by atoms with Crippen molar-refractivity contribution in [1.82, 2.24) is 15.1 Å². The Morgan fingerprint density at radius 3 is 2.58 bits per heavy atom. The quantitative estimate of drug-likeness (QED) is 0.886. The molecule has 1 N–H and O–H groups in total. The highest BCUT2D eigenvalue weighted by Crippen LogP contribution is 2.21. The molecule has 0 amide bonds. The fourth-order valence-electron chi connectivity index (χ4n) is 2.19. The molecule has 0 fully saturated rings. The van der Waals surface area contributed by atoms with Gasteiger partial charge in [0.15, 0.2) is 0 Å². The zero-order valence-corrected chi connectivity index (χ0v) is 13.0. The Labute approximate surface area is 123 Å². The molecule has 1 aromatic heterocycles. The van der Waals surface area contributed by atoms with Crippen LogP contribution < -0.4 is 5.32 Å². The van der Waals surface area contributed by atoms with Gasteiger partial charge in [-0.1, -0.05) is 35.0 Å². The summed E-state index contributed by atoms with van der Waals surface area (Å²) in [6.45, 7) is 4.11. The van der Waals surface area contributed by atoms with Crippen molar-refractivity contribution >= 4 is 15.9 Å². The first kappa shape index (κ1) is 14.3. The Kier molecular flexibility index (Phi) is 5.16. The molecule has 4 heteroatoms. The van der Waals surface area contributed by atoms with E-state index in [2.05, 4.69) is 63.6 Å². The zero-order chi connectivity index (χ0) is 13.7. The topological polar surface area (TPSA) is 29.9 Å². The van der Waals surface area contributed by atoms with Crippen LogP contribution in [0.25, 0.3) is 0 Å². The molecule has 0 saturated heterocycles. The number of aryl methyl sites for hydroxylation is 1. The van der Waals surface area contributed by atoms with Gasteiger partial charge in [0.05, 0.1) is 5.69 Å². The summed E-state index contributed by atoms with van der Waals surface area (Å²) in [7, 11) is 1.96. The van der Waals surface area contributed by atoms with Crippen molar-refractivity contribution in [1.29, 1.82) is 0 Å². The second-order valence-corrected chi connectivity index (χ2v) is 5.66. The van der Waals surface area contributed by atoms with Crippen LogP contribution in [0.5, 0.6) is 0 Å². The molecule has 0 radical (unpaired) electrons. The van der Waals surface area contributed by atoms with E-state index in [0.29, 0.717) is 5.92 Å². The van der Waals surface area contributed by atoms with Crippen LogP contribution in [0, 0.1) is 0 Å². The lowest BCUT2D eigenvalue weighted by Crippen LogP contribution is -2.22. The zero-order valence-electron chi connectivity index (χ0n) is 11.4. The van der Waals surface area contributed by atoms with E-state index in [0.717, 1.165) is 29.7 Å². The fraction of sp³-hybridized carbons (Fsp3) is 0.400. The third-order valence-corrected chi connectivity index (χ3v) is 3.74. The van der Waals surface area contributed by atoms with E-state index >= 15 is 0 Å². The Balaban J connectivity index is 2.13. The molecule has 19 heavy (non-hydrogen) atoms. The van der Waals surface area contributed by atoms with E-state index in [1.165, 1.54) is 5.56 Å². The first-order chi connectivity index (χ1) is 9.19. The average molecular weight is 322 g/mol. The van der Waals surface area contributed by atoms with Gasteiger partial charge in [-0.2, -0.15) is 5.10 Å². The van der Waals surface area contributed by atoms with Gasteiger partial charge in [0.25, 0.3) is 0 Å². The monoisotopic (exact) mass is 321 g/mol. The van der Waals surface area contributed by atoms with Crippen LogP contribution in [0.15, 0.2) is 41.0 Å². The highest BCUT2D eigenvalue weighted by molar-refractivity contribution is 9.10. The van der Waals surface area contributed by atoms with Gasteiger partial charge in [-0.3, -0.25) is 4.68 Å². The molecule has 1 aromatic carbocycles. The van der Waals surface area contributed by atoms with Crippen molar-refractivity contribution in [3.8, 4) is 0 Å². The largest absolute Gasteiger partial charge is 0.316 e. The van der Waals surface area contributed by atoms with E-state index in [1.54, 1.807) is 0 Å². The second-order valence-electron chi connectivity index (χ2n) is 4.74. The van der Waals surface area contributed by atoms with Crippen LogP contribution in [-0.2, 0) is 13.5 Å². The summed E-state index contributed by atoms with van der Waals surface area (Å²) in [4.78, 5) is 0. The van der Waals surface area contributed by atoms with Crippen molar-refractivity contribution in [3.05, 3.63) is 52.3 Å². The van der Waals surface area contributed by atoms with Gasteiger partial charge in [-0.05, 0) is 36.7 Å². The van der Waals surface area contributed by atoms with E-state index in [1.807, 2.05) is 17.9 Å². The van der Waals surface area contributed by atoms with Crippen molar-refractivity contribution in [2.24, 2.45) is 7.05 Å². The van der Waals surface area contributed by atoms with Gasteiger partial charge in [0.1, 0.15) is 0 Å². The van der Waals surface area contributed by atoms with Gasteiger partial charge in [-0.15, -0.1) is 0 Å². The molecule has 1 atom stereocenters. The molecule has 2 rings (SSSR count). The van der Waals surface area contributed by atoms with E-state index in [4.69, 9.17) is 0 Å². The van der Waals surface area contributed by atoms with E-state index < -0.39 is 0 Å². The lowest BCUT2D eigenvalue weighted by Gasteiger charge is -2.17. The minimum absolute atomic E-state index is 0.461. The number of benzene rings is 1. The first-order valence-corrected chi connectivity index (χ1v) is 7.43. The van der Waals surface area contributed by atoms with Crippen LogP contribution in [0.4, 0.5) is 0 Å². The van der Waals surface area contributed by atoms with Crippen molar-refractivity contribution in [2.75, 3.05) is 13.1 Å². The summed E-state index contributed by atoms with van der Waals surface area (Å²) < 4.78 is 2.98. The first-order valence-electron chi connectivity index (χ1n) is 6.63. The Morgan fingerprint density at radius 2 is 2.00 bits per heavy atom. The summed E-state index contributed by atoms with van der Waals surface area (Å²) in [5.41, 5.74) is 2.50. The highest BCUT2D eigenvalue weighted by Gasteiger charge is 2.13. The number of hydrogen-bond acceptors (Lipinski definition) is 2. The molecule has 102 valence electrons. The predicted octanol–water partition coefficient (Wildman–Crippen LogP) is 3.12. The fourth-order valence-corrected chi connectivity index (χ4v) is 2.45. The summed E-state index contributed by atoms with van der Waals surface area (Å²) in [5, 5.41) is 7.92. The van der Waals surface area contributed by atoms with E-state index in [-0.39, 0.29) is 0 Å². The second kappa shape index (κ2) is 6.87. The molecule has 0 aliphatic rings. The van der Waals surface area contributed by atoms with Crippen molar-refractivity contribution < 1.29 is 0 Å². The lowest BCUT2D eigenvalue weighted by atomic mass is 9.94. The maximum Gasteiger partial charge on any atom is 0.0631 e. The number of aromatic nitrogens is 2. The standard InChI is InChI=1S/C15H20BrN3/c1-3-17-11-13(10-15-8-9-19(2)18-15)12-4-6-14(16)7-5-12/h4-9,13,17H,3,10-11H2,1-2H3. The molecule has 1 unspecified atom stereocenters. The predicted molar refractivity (Wildman–Crippen MR) is 82.3 cm³/mol. The van der Waals surface area contributed by atoms with Gasteiger partial charge < -0.3 is 5.32 Å². The smallest absolute Gasteiger partial charge is 0.0631 e. The van der Waals surface area contributed by atoms with Crippen LogP contribution >= 0.6 is 15.9 Å². The molecule has 3 nitrogen and oxygen atoms in total. The molecule has 0 saturated carbocycles. The molecule has 0 aliphatic heterocycles. The van der Waals surface area contributed by atoms with Crippen molar-refractivity contribution in [3.63, 3.8) is 0 Å².